The minimum absolute atomic E-state index is 0.426. The molecule has 0 aliphatic rings. The third-order valence-corrected chi connectivity index (χ3v) is 8.74. The maximum absolute atomic E-state index is 14.8. The van der Waals surface area contributed by atoms with Gasteiger partial charge in [0.15, 0.2) is 0 Å². The predicted molar refractivity (Wildman–Crippen MR) is 121 cm³/mol. The molecule has 0 fully saturated rings. The average Bonchev–Trinajstić information content (AvgIpc) is 2.82. The van der Waals surface area contributed by atoms with Gasteiger partial charge in [0.1, 0.15) is 11.5 Å². The fraction of sp³-hybridized carbons (Fsp3) is 0.250. The van der Waals surface area contributed by atoms with Crippen LogP contribution in [-0.2, 0) is 4.57 Å². The van der Waals surface area contributed by atoms with Crippen LogP contribution in [0.3, 0.4) is 0 Å². The molecule has 3 rings (SSSR count). The number of hydrogen-bond acceptors (Lipinski definition) is 4. The first kappa shape index (κ1) is 22.1. The van der Waals surface area contributed by atoms with Gasteiger partial charge in [-0.2, -0.15) is 0 Å². The zero-order valence-corrected chi connectivity index (χ0v) is 18.6. The van der Waals surface area contributed by atoms with Crippen LogP contribution in [0.2, 0.25) is 0 Å². The number of likely N-dealkylation sites (N-methyl/N-ethyl adjacent to an activating group) is 1. The van der Waals surface area contributed by atoms with Crippen molar-refractivity contribution in [1.82, 2.24) is 4.67 Å². The Morgan fingerprint density at radius 1 is 0.867 bits per heavy atom. The van der Waals surface area contributed by atoms with Crippen LogP contribution in [0.1, 0.15) is 18.6 Å². The monoisotopic (exact) mass is 425 g/mol. The van der Waals surface area contributed by atoms with E-state index in [1.807, 2.05) is 67.6 Å². The van der Waals surface area contributed by atoms with Gasteiger partial charge in [-0.05, 0) is 55.9 Å². The molecule has 0 unspecified atom stereocenters. The van der Waals surface area contributed by atoms with Crippen LogP contribution < -0.4 is 20.1 Å². The van der Waals surface area contributed by atoms with E-state index >= 15 is 0 Å². The maximum Gasteiger partial charge on any atom is 0.210 e. The molecule has 0 aliphatic heterocycles. The Balaban J connectivity index is 2.12. The molecule has 0 heterocycles. The highest BCUT2D eigenvalue weighted by molar-refractivity contribution is 7.76. The van der Waals surface area contributed by atoms with E-state index in [2.05, 4.69) is 0 Å². The molecule has 1 N–H and O–H groups in total. The number of aliphatic hydroxyl groups is 1. The molecule has 3 aromatic rings. The van der Waals surface area contributed by atoms with E-state index in [-0.39, 0.29) is 0 Å². The second-order valence-corrected chi connectivity index (χ2v) is 9.90. The van der Waals surface area contributed by atoms with E-state index in [1.54, 1.807) is 44.1 Å². The normalized spacial score (nSPS) is 15.3. The summed E-state index contributed by atoms with van der Waals surface area (Å²) in [5.74, 6) is 1.23. The summed E-state index contributed by atoms with van der Waals surface area (Å²) in [6.07, 6.45) is -0.808. The standard InChI is InChI=1S/C24H28NO4P/c1-18(24(26)19-10-6-5-7-11-19)25(2)30(27,21-16-14-20(28-3)15-17-21)23-13-9-8-12-22(23)29-4/h5-18,24,26H,1-4H3/t18-,24-,30-/m0/s1. The molecule has 30 heavy (non-hydrogen) atoms. The van der Waals surface area contributed by atoms with Crippen molar-refractivity contribution in [2.75, 3.05) is 21.3 Å². The molecule has 0 aliphatic carbocycles. The molecule has 0 bridgehead atoms. The number of hydrogen-bond donors (Lipinski definition) is 1. The average molecular weight is 425 g/mol. The third kappa shape index (κ3) is 4.15. The molecule has 0 spiro atoms. The lowest BCUT2D eigenvalue weighted by Gasteiger charge is -2.36. The van der Waals surface area contributed by atoms with Crippen molar-refractivity contribution < 1.29 is 19.1 Å². The Kier molecular flexibility index (Phi) is 6.99. The lowest BCUT2D eigenvalue weighted by Crippen LogP contribution is -2.39. The Bertz CT molecular complexity index is 1010. The second kappa shape index (κ2) is 9.48. The Labute approximate surface area is 178 Å². The van der Waals surface area contributed by atoms with Gasteiger partial charge in [-0.1, -0.05) is 42.5 Å². The van der Waals surface area contributed by atoms with Crippen molar-refractivity contribution >= 4 is 17.9 Å². The molecule has 158 valence electrons. The predicted octanol–water partition coefficient (Wildman–Crippen LogP) is 3.99. The minimum atomic E-state index is -3.34. The van der Waals surface area contributed by atoms with E-state index < -0.39 is 19.4 Å². The van der Waals surface area contributed by atoms with Crippen LogP contribution in [-0.4, -0.2) is 37.1 Å². The fourth-order valence-electron chi connectivity index (χ4n) is 3.55. The van der Waals surface area contributed by atoms with Gasteiger partial charge in [0, 0.05) is 11.3 Å². The second-order valence-electron chi connectivity index (χ2n) is 7.12. The van der Waals surface area contributed by atoms with Crippen molar-refractivity contribution in [3.05, 3.63) is 84.4 Å². The van der Waals surface area contributed by atoms with Gasteiger partial charge in [0.25, 0.3) is 0 Å². The lowest BCUT2D eigenvalue weighted by molar-refractivity contribution is 0.108. The van der Waals surface area contributed by atoms with Crippen LogP contribution in [0.25, 0.3) is 0 Å². The summed E-state index contributed by atoms with van der Waals surface area (Å²) in [6, 6.07) is 23.5. The first-order chi connectivity index (χ1) is 14.4. The van der Waals surface area contributed by atoms with Crippen LogP contribution >= 0.6 is 7.29 Å². The minimum Gasteiger partial charge on any atom is -0.497 e. The summed E-state index contributed by atoms with van der Waals surface area (Å²) in [5, 5.41) is 12.2. The topological polar surface area (TPSA) is 59.0 Å². The quantitative estimate of drug-likeness (QED) is 0.553. The summed E-state index contributed by atoms with van der Waals surface area (Å²) in [6.45, 7) is 1.88. The molecule has 0 aromatic heterocycles. The summed E-state index contributed by atoms with van der Waals surface area (Å²) < 4.78 is 27.4. The van der Waals surface area contributed by atoms with E-state index in [0.717, 1.165) is 5.56 Å². The molecule has 0 saturated heterocycles. The smallest absolute Gasteiger partial charge is 0.210 e. The van der Waals surface area contributed by atoms with Crippen molar-refractivity contribution in [2.45, 2.75) is 19.1 Å². The number of methoxy groups -OCH3 is 2. The van der Waals surface area contributed by atoms with Crippen molar-refractivity contribution in [3.63, 3.8) is 0 Å². The zero-order chi connectivity index (χ0) is 21.7. The molecule has 0 amide bonds. The van der Waals surface area contributed by atoms with Crippen LogP contribution in [0.15, 0.2) is 78.9 Å². The molecule has 3 aromatic carbocycles. The Morgan fingerprint density at radius 3 is 2.07 bits per heavy atom. The van der Waals surface area contributed by atoms with E-state index in [9.17, 15) is 9.67 Å². The first-order valence-electron chi connectivity index (χ1n) is 9.78. The highest BCUT2D eigenvalue weighted by Gasteiger charge is 2.39. The van der Waals surface area contributed by atoms with E-state index in [1.165, 1.54) is 0 Å². The van der Waals surface area contributed by atoms with Crippen LogP contribution in [0.4, 0.5) is 0 Å². The fourth-order valence-corrected chi connectivity index (χ4v) is 6.47. The number of benzene rings is 3. The van der Waals surface area contributed by atoms with Crippen molar-refractivity contribution in [1.29, 1.82) is 0 Å². The Hall–Kier alpha value is -2.59. The highest BCUT2D eigenvalue weighted by Crippen LogP contribution is 2.51. The van der Waals surface area contributed by atoms with Crippen molar-refractivity contribution in [3.8, 4) is 11.5 Å². The molecule has 5 nitrogen and oxygen atoms in total. The SMILES string of the molecule is COc1ccc([P@](=O)(c2ccccc2OC)N(C)[C@@H](C)[C@H](O)c2ccccc2)cc1. The van der Waals surface area contributed by atoms with Crippen LogP contribution in [0, 0.1) is 0 Å². The van der Waals surface area contributed by atoms with E-state index in [0.29, 0.717) is 22.1 Å². The summed E-state index contributed by atoms with van der Waals surface area (Å²) in [5.41, 5.74) is 0.776. The van der Waals surface area contributed by atoms with Gasteiger partial charge >= 0.3 is 0 Å². The first-order valence-corrected chi connectivity index (χ1v) is 11.4. The lowest BCUT2D eigenvalue weighted by atomic mass is 10.0. The van der Waals surface area contributed by atoms with Gasteiger partial charge in [0.05, 0.1) is 25.6 Å². The molecular formula is C24H28NO4P. The van der Waals surface area contributed by atoms with Gasteiger partial charge in [0.2, 0.25) is 7.29 Å². The Morgan fingerprint density at radius 2 is 1.47 bits per heavy atom. The van der Waals surface area contributed by atoms with Gasteiger partial charge in [-0.25, -0.2) is 4.67 Å². The van der Waals surface area contributed by atoms with Gasteiger partial charge in [-0.15, -0.1) is 0 Å². The largest absolute Gasteiger partial charge is 0.497 e. The van der Waals surface area contributed by atoms with E-state index in [4.69, 9.17) is 9.47 Å². The molecule has 0 radical (unpaired) electrons. The molecule has 6 heteroatoms. The number of aliphatic hydroxyl groups excluding tert-OH is 1. The third-order valence-electron chi connectivity index (χ3n) is 5.47. The summed E-state index contributed by atoms with van der Waals surface area (Å²) >= 11 is 0. The number of rotatable bonds is 8. The molecular weight excluding hydrogens is 397 g/mol. The number of para-hydroxylation sites is 1. The van der Waals surface area contributed by atoms with Gasteiger partial charge < -0.3 is 14.6 Å². The molecule has 0 saturated carbocycles. The van der Waals surface area contributed by atoms with Crippen molar-refractivity contribution in [2.24, 2.45) is 0 Å². The van der Waals surface area contributed by atoms with Gasteiger partial charge in [-0.3, -0.25) is 4.57 Å². The zero-order valence-electron chi connectivity index (χ0n) is 17.7. The summed E-state index contributed by atoms with van der Waals surface area (Å²) in [7, 11) is 1.61. The molecule has 3 atom stereocenters. The summed E-state index contributed by atoms with van der Waals surface area (Å²) in [4.78, 5) is 0. The van der Waals surface area contributed by atoms with Crippen LogP contribution in [0.5, 0.6) is 11.5 Å². The highest BCUT2D eigenvalue weighted by atomic mass is 31.2. The number of nitrogens with zero attached hydrogens (tertiary/aromatic N) is 1. The number of ether oxygens (including phenoxy) is 2. The maximum atomic E-state index is 14.8.